The second-order valence-electron chi connectivity index (χ2n) is 6.94. The van der Waals surface area contributed by atoms with Gasteiger partial charge in [0.15, 0.2) is 9.84 Å². The first-order valence-electron chi connectivity index (χ1n) is 8.79. The lowest BCUT2D eigenvalue weighted by molar-refractivity contribution is 0.601. The van der Waals surface area contributed by atoms with Crippen LogP contribution in [0.3, 0.4) is 0 Å². The first-order valence-corrected chi connectivity index (χ1v) is 10.7. The minimum absolute atomic E-state index is 0.0590. The van der Waals surface area contributed by atoms with Crippen molar-refractivity contribution in [2.45, 2.75) is 36.7 Å². The van der Waals surface area contributed by atoms with Crippen molar-refractivity contribution >= 4 is 32.6 Å². The van der Waals surface area contributed by atoms with Crippen molar-refractivity contribution < 1.29 is 8.42 Å². The third kappa shape index (κ3) is 3.14. The van der Waals surface area contributed by atoms with E-state index in [1.54, 1.807) is 12.1 Å². The van der Waals surface area contributed by atoms with Gasteiger partial charge in [0.2, 0.25) is 5.95 Å². The smallest absolute Gasteiger partial charge is 0.222 e. The zero-order valence-corrected chi connectivity index (χ0v) is 16.2. The normalized spacial score (nSPS) is 15.3. The monoisotopic (exact) mass is 397 g/mol. The van der Waals surface area contributed by atoms with Crippen LogP contribution < -0.4 is 11.1 Å². The predicted molar refractivity (Wildman–Crippen MR) is 104 cm³/mol. The van der Waals surface area contributed by atoms with E-state index >= 15 is 0 Å². The molecule has 0 radical (unpaired) electrons. The Hall–Kier alpha value is -3.19. The van der Waals surface area contributed by atoms with Gasteiger partial charge in [-0.2, -0.15) is 10.2 Å². The standard InChI is InChI=1S/C18H19N7O2S/c1-10(22-16-11(8-19)9-21-18(20)24-16)17-23-13-4-3-5-14(28(2,26)27)15(13)25(17)12-6-7-12/h3-5,9-10,12H,6-7H2,1-2H3,(H3,20,21,22,24)/t10-/m1/s1. The summed E-state index contributed by atoms with van der Waals surface area (Å²) < 4.78 is 26.6. The third-order valence-electron chi connectivity index (χ3n) is 4.68. The summed E-state index contributed by atoms with van der Waals surface area (Å²) in [5.41, 5.74) is 7.17. The summed E-state index contributed by atoms with van der Waals surface area (Å²) in [7, 11) is -3.41. The van der Waals surface area contributed by atoms with Crippen LogP contribution in [0, 0.1) is 11.3 Å². The Morgan fingerprint density at radius 3 is 2.75 bits per heavy atom. The fourth-order valence-electron chi connectivity index (χ4n) is 3.30. The van der Waals surface area contributed by atoms with Crippen LogP contribution in [-0.2, 0) is 9.84 Å². The molecule has 0 unspecified atom stereocenters. The Morgan fingerprint density at radius 2 is 2.11 bits per heavy atom. The lowest BCUT2D eigenvalue weighted by Gasteiger charge is -2.17. The molecule has 3 N–H and O–H groups in total. The van der Waals surface area contributed by atoms with Gasteiger partial charge in [-0.25, -0.2) is 18.4 Å². The summed E-state index contributed by atoms with van der Waals surface area (Å²) in [4.78, 5) is 12.9. The van der Waals surface area contributed by atoms with Crippen LogP contribution in [0.15, 0.2) is 29.3 Å². The van der Waals surface area contributed by atoms with Gasteiger partial charge < -0.3 is 15.6 Å². The van der Waals surface area contributed by atoms with Gasteiger partial charge in [-0.1, -0.05) is 6.07 Å². The summed E-state index contributed by atoms with van der Waals surface area (Å²) >= 11 is 0. The molecule has 0 saturated heterocycles. The van der Waals surface area contributed by atoms with Crippen LogP contribution in [-0.4, -0.2) is 34.2 Å². The Morgan fingerprint density at radius 1 is 1.36 bits per heavy atom. The van der Waals surface area contributed by atoms with Crippen molar-refractivity contribution in [2.75, 3.05) is 17.3 Å². The number of nitrogen functional groups attached to an aromatic ring is 1. The molecule has 2 aromatic heterocycles. The largest absolute Gasteiger partial charge is 0.368 e. The van der Waals surface area contributed by atoms with Gasteiger partial charge in [0.05, 0.1) is 28.2 Å². The molecule has 0 bridgehead atoms. The van der Waals surface area contributed by atoms with E-state index in [1.807, 2.05) is 23.6 Å². The highest BCUT2D eigenvalue weighted by Crippen LogP contribution is 2.41. The lowest BCUT2D eigenvalue weighted by Crippen LogP contribution is -2.16. The number of nitrogens with zero attached hydrogens (tertiary/aromatic N) is 5. The zero-order valence-electron chi connectivity index (χ0n) is 15.4. The topological polar surface area (TPSA) is 140 Å². The molecule has 1 fully saturated rings. The molecule has 0 aliphatic heterocycles. The van der Waals surface area contributed by atoms with E-state index < -0.39 is 9.84 Å². The molecule has 1 saturated carbocycles. The van der Waals surface area contributed by atoms with Crippen LogP contribution in [0.1, 0.15) is 43.2 Å². The highest BCUT2D eigenvalue weighted by Gasteiger charge is 2.32. The summed E-state index contributed by atoms with van der Waals surface area (Å²) in [6.45, 7) is 1.89. The maximum atomic E-state index is 12.3. The number of imidazole rings is 1. The fourth-order valence-corrected chi connectivity index (χ4v) is 4.18. The Balaban J connectivity index is 1.85. The second-order valence-corrected chi connectivity index (χ2v) is 8.92. The quantitative estimate of drug-likeness (QED) is 0.668. The van der Waals surface area contributed by atoms with Crippen molar-refractivity contribution in [2.24, 2.45) is 0 Å². The maximum absolute atomic E-state index is 12.3. The average molecular weight is 397 g/mol. The van der Waals surface area contributed by atoms with Crippen LogP contribution in [0.5, 0.6) is 0 Å². The molecule has 0 spiro atoms. The van der Waals surface area contributed by atoms with E-state index in [0.717, 1.165) is 12.8 Å². The van der Waals surface area contributed by atoms with E-state index in [-0.39, 0.29) is 28.5 Å². The molecule has 9 nitrogen and oxygen atoms in total. The number of para-hydroxylation sites is 1. The number of hydrogen-bond donors (Lipinski definition) is 2. The molecule has 2 heterocycles. The zero-order chi connectivity index (χ0) is 20.1. The van der Waals surface area contributed by atoms with Crippen LogP contribution in [0.25, 0.3) is 11.0 Å². The molecule has 1 aliphatic rings. The molecular formula is C18H19N7O2S. The maximum Gasteiger partial charge on any atom is 0.222 e. The van der Waals surface area contributed by atoms with Gasteiger partial charge in [0.25, 0.3) is 0 Å². The number of nitrogens with one attached hydrogen (secondary N) is 1. The van der Waals surface area contributed by atoms with E-state index in [0.29, 0.717) is 22.7 Å². The summed E-state index contributed by atoms with van der Waals surface area (Å²) in [5.74, 6) is 1.07. The lowest BCUT2D eigenvalue weighted by atomic mass is 10.2. The Bertz CT molecular complexity index is 1220. The highest BCUT2D eigenvalue weighted by atomic mass is 32.2. The van der Waals surface area contributed by atoms with Gasteiger partial charge in [-0.15, -0.1) is 0 Å². The molecule has 28 heavy (non-hydrogen) atoms. The number of rotatable bonds is 5. The minimum atomic E-state index is -3.41. The summed E-state index contributed by atoms with van der Waals surface area (Å²) in [6, 6.07) is 7.03. The highest BCUT2D eigenvalue weighted by molar-refractivity contribution is 7.91. The van der Waals surface area contributed by atoms with Gasteiger partial charge in [-0.3, -0.25) is 0 Å². The first kappa shape index (κ1) is 18.2. The number of anilines is 2. The molecule has 1 atom stereocenters. The van der Waals surface area contributed by atoms with Gasteiger partial charge in [-0.05, 0) is 31.9 Å². The SMILES string of the molecule is C[C@@H](Nc1nc(N)ncc1C#N)c1nc2cccc(S(C)(=O)=O)c2n1C1CC1. The van der Waals surface area contributed by atoms with Crippen LogP contribution >= 0.6 is 0 Å². The number of hydrogen-bond acceptors (Lipinski definition) is 8. The van der Waals surface area contributed by atoms with E-state index in [2.05, 4.69) is 15.3 Å². The fraction of sp³-hybridized carbons (Fsp3) is 0.333. The number of sulfone groups is 1. The number of benzene rings is 1. The molecule has 0 amide bonds. The van der Waals surface area contributed by atoms with Crippen molar-refractivity contribution in [1.82, 2.24) is 19.5 Å². The predicted octanol–water partition coefficient (Wildman–Crippen LogP) is 2.19. The van der Waals surface area contributed by atoms with E-state index in [9.17, 15) is 13.7 Å². The van der Waals surface area contributed by atoms with Gasteiger partial charge in [0.1, 0.15) is 23.3 Å². The van der Waals surface area contributed by atoms with Gasteiger partial charge >= 0.3 is 0 Å². The van der Waals surface area contributed by atoms with Crippen molar-refractivity contribution in [3.8, 4) is 6.07 Å². The summed E-state index contributed by atoms with van der Waals surface area (Å²) in [5, 5.41) is 12.5. The minimum Gasteiger partial charge on any atom is -0.368 e. The Labute approximate surface area is 162 Å². The van der Waals surface area contributed by atoms with Crippen LogP contribution in [0.4, 0.5) is 11.8 Å². The number of aromatic nitrogens is 4. The van der Waals surface area contributed by atoms with E-state index in [1.165, 1.54) is 12.5 Å². The van der Waals surface area contributed by atoms with Crippen molar-refractivity contribution in [3.05, 3.63) is 35.8 Å². The molecule has 3 aromatic rings. The molecule has 10 heteroatoms. The molecule has 144 valence electrons. The van der Waals surface area contributed by atoms with Crippen LogP contribution in [0.2, 0.25) is 0 Å². The van der Waals surface area contributed by atoms with Crippen molar-refractivity contribution in [3.63, 3.8) is 0 Å². The molecule has 1 aliphatic carbocycles. The third-order valence-corrected chi connectivity index (χ3v) is 5.81. The summed E-state index contributed by atoms with van der Waals surface area (Å²) in [6.07, 6.45) is 4.50. The average Bonchev–Trinajstić information content (AvgIpc) is 3.40. The first-order chi connectivity index (χ1) is 13.3. The van der Waals surface area contributed by atoms with Gasteiger partial charge in [0, 0.05) is 12.3 Å². The van der Waals surface area contributed by atoms with Crippen molar-refractivity contribution in [1.29, 1.82) is 5.26 Å². The van der Waals surface area contributed by atoms with E-state index in [4.69, 9.17) is 10.7 Å². The molecule has 4 rings (SSSR count). The number of fused-ring (bicyclic) bond motifs is 1. The molecule has 1 aromatic carbocycles. The number of nitrogens with two attached hydrogens (primary N) is 1. The second kappa shape index (κ2) is 6.45. The Kier molecular flexibility index (Phi) is 4.19. The number of nitriles is 1. The molecular weight excluding hydrogens is 378 g/mol.